The van der Waals surface area contributed by atoms with E-state index < -0.39 is 30.1 Å². The van der Waals surface area contributed by atoms with Gasteiger partial charge in [0.05, 0.1) is 0 Å². The molecule has 0 aromatic heterocycles. The Labute approximate surface area is 132 Å². The first-order valence-corrected chi connectivity index (χ1v) is 6.62. The molecule has 1 aromatic carbocycles. The monoisotopic (exact) mass is 326 g/mol. The molecule has 1 aromatic rings. The van der Waals surface area contributed by atoms with Crippen LogP contribution in [-0.2, 0) is 19.1 Å². The van der Waals surface area contributed by atoms with Gasteiger partial charge in [-0.3, -0.25) is 0 Å². The van der Waals surface area contributed by atoms with Crippen molar-refractivity contribution < 1.29 is 39.5 Å². The second kappa shape index (κ2) is 9.96. The van der Waals surface area contributed by atoms with Gasteiger partial charge in [-0.15, -0.1) is 0 Å². The highest BCUT2D eigenvalue weighted by atomic mass is 16.6. The molecule has 0 aliphatic heterocycles. The van der Waals surface area contributed by atoms with Crippen molar-refractivity contribution in [2.45, 2.75) is 26.1 Å². The minimum atomic E-state index is -2.37. The molecule has 0 amide bonds. The quantitative estimate of drug-likeness (QED) is 0.446. The van der Waals surface area contributed by atoms with Gasteiger partial charge in [0.25, 0.3) is 0 Å². The lowest BCUT2D eigenvalue weighted by molar-refractivity contribution is -0.176. The van der Waals surface area contributed by atoms with Crippen molar-refractivity contribution in [2.75, 3.05) is 0 Å². The van der Waals surface area contributed by atoms with Crippen LogP contribution < -0.4 is 0 Å². The molecule has 23 heavy (non-hydrogen) atoms. The molecule has 8 nitrogen and oxygen atoms in total. The fourth-order valence-corrected chi connectivity index (χ4v) is 1.29. The summed E-state index contributed by atoms with van der Waals surface area (Å²) in [7, 11) is 0. The third-order valence-electron chi connectivity index (χ3n) is 2.33. The Morgan fingerprint density at radius 2 is 1.57 bits per heavy atom. The highest BCUT2D eigenvalue weighted by Gasteiger charge is 2.35. The number of ether oxygens (including phenoxy) is 1. The average molecular weight is 326 g/mol. The van der Waals surface area contributed by atoms with E-state index in [4.69, 9.17) is 20.4 Å². The van der Waals surface area contributed by atoms with Crippen LogP contribution in [0.4, 0.5) is 0 Å². The number of rotatable bonds is 6. The molecule has 126 valence electrons. The number of carboxylic acid groups (broad SMARTS) is 2. The van der Waals surface area contributed by atoms with Crippen LogP contribution >= 0.6 is 0 Å². The van der Waals surface area contributed by atoms with Gasteiger partial charge in [0.1, 0.15) is 5.75 Å². The average Bonchev–Trinajstić information content (AvgIpc) is 2.53. The van der Waals surface area contributed by atoms with Crippen LogP contribution in [0.25, 0.3) is 6.08 Å². The predicted octanol–water partition coefficient (Wildman–Crippen LogP) is 0.873. The van der Waals surface area contributed by atoms with E-state index in [1.54, 1.807) is 0 Å². The van der Waals surface area contributed by atoms with Crippen molar-refractivity contribution >= 4 is 24.0 Å². The number of aliphatic hydroxyl groups excluding tert-OH is 1. The molecule has 0 aliphatic carbocycles. The SMILES string of the molecule is CC.O=C(/C=C\c1ccc(O)cc1)OC(C(=O)O)C(O)C(=O)O. The van der Waals surface area contributed by atoms with E-state index in [2.05, 4.69) is 4.74 Å². The minimum Gasteiger partial charge on any atom is -0.508 e. The zero-order valence-corrected chi connectivity index (χ0v) is 12.5. The summed E-state index contributed by atoms with van der Waals surface area (Å²) in [6.07, 6.45) is -2.43. The van der Waals surface area contributed by atoms with Crippen molar-refractivity contribution in [1.29, 1.82) is 0 Å². The van der Waals surface area contributed by atoms with Crippen LogP contribution in [0.1, 0.15) is 19.4 Å². The largest absolute Gasteiger partial charge is 0.508 e. The standard InChI is InChI=1S/C13H12O8.C2H6/c14-8-4-1-7(2-5-8)3-6-9(15)21-11(13(19)20)10(16)12(17)18;1-2/h1-6,10-11,14,16H,(H,17,18)(H,19,20);1-2H3/b6-3-;. The van der Waals surface area contributed by atoms with Gasteiger partial charge in [0.2, 0.25) is 6.10 Å². The maximum atomic E-state index is 11.4. The molecule has 0 bridgehead atoms. The summed E-state index contributed by atoms with van der Waals surface area (Å²) in [5, 5.41) is 35.4. The molecule has 0 saturated carbocycles. The number of carboxylic acids is 2. The number of aliphatic hydroxyl groups is 1. The van der Waals surface area contributed by atoms with E-state index >= 15 is 0 Å². The molecule has 0 fully saturated rings. The van der Waals surface area contributed by atoms with Gasteiger partial charge in [-0.2, -0.15) is 0 Å². The van der Waals surface area contributed by atoms with E-state index in [1.165, 1.54) is 30.3 Å². The van der Waals surface area contributed by atoms with E-state index in [0.29, 0.717) is 5.56 Å². The normalized spacial score (nSPS) is 12.7. The Balaban J connectivity index is 0.00000232. The molecule has 0 aliphatic rings. The molecule has 8 heteroatoms. The van der Waals surface area contributed by atoms with Crippen molar-refractivity contribution in [3.8, 4) is 5.75 Å². The van der Waals surface area contributed by atoms with Crippen LogP contribution in [0.2, 0.25) is 0 Å². The van der Waals surface area contributed by atoms with Crippen LogP contribution in [-0.4, -0.2) is 50.5 Å². The molecule has 4 N–H and O–H groups in total. The van der Waals surface area contributed by atoms with E-state index in [-0.39, 0.29) is 5.75 Å². The first kappa shape index (κ1) is 20.1. The third kappa shape index (κ3) is 7.09. The number of phenolic OH excluding ortho intramolecular Hbond substituents is 1. The zero-order chi connectivity index (χ0) is 18.0. The lowest BCUT2D eigenvalue weighted by Crippen LogP contribution is -2.42. The number of aliphatic carboxylic acids is 2. The molecule has 2 atom stereocenters. The summed E-state index contributed by atoms with van der Waals surface area (Å²) >= 11 is 0. The number of hydrogen-bond acceptors (Lipinski definition) is 6. The van der Waals surface area contributed by atoms with Crippen molar-refractivity contribution in [1.82, 2.24) is 0 Å². The smallest absolute Gasteiger partial charge is 0.348 e. The summed E-state index contributed by atoms with van der Waals surface area (Å²) < 4.78 is 4.37. The van der Waals surface area contributed by atoms with Gasteiger partial charge in [-0.25, -0.2) is 14.4 Å². The summed E-state index contributed by atoms with van der Waals surface area (Å²) in [4.78, 5) is 32.6. The lowest BCUT2D eigenvalue weighted by Gasteiger charge is -2.15. The number of esters is 1. The number of carbonyl (C=O) groups is 3. The summed E-state index contributed by atoms with van der Waals surface area (Å²) in [5.74, 6) is -4.70. The maximum Gasteiger partial charge on any atom is 0.348 e. The van der Waals surface area contributed by atoms with Crippen LogP contribution in [0, 0.1) is 0 Å². The second-order valence-electron chi connectivity index (χ2n) is 3.90. The highest BCUT2D eigenvalue weighted by molar-refractivity contribution is 5.91. The van der Waals surface area contributed by atoms with Gasteiger partial charge in [0.15, 0.2) is 6.10 Å². The fraction of sp³-hybridized carbons (Fsp3) is 0.267. The number of carbonyl (C=O) groups excluding carboxylic acids is 1. The predicted molar refractivity (Wildman–Crippen MR) is 79.6 cm³/mol. The van der Waals surface area contributed by atoms with Gasteiger partial charge in [-0.05, 0) is 23.8 Å². The van der Waals surface area contributed by atoms with Gasteiger partial charge in [0, 0.05) is 6.08 Å². The number of phenols is 1. The molecule has 0 saturated heterocycles. The van der Waals surface area contributed by atoms with Gasteiger partial charge in [-0.1, -0.05) is 26.0 Å². The molecule has 0 spiro atoms. The zero-order valence-electron chi connectivity index (χ0n) is 12.5. The highest BCUT2D eigenvalue weighted by Crippen LogP contribution is 2.11. The molecule has 0 radical (unpaired) electrons. The molecular weight excluding hydrogens is 308 g/mol. The molecule has 1 rings (SSSR count). The fourth-order valence-electron chi connectivity index (χ4n) is 1.29. The maximum absolute atomic E-state index is 11.4. The Bertz CT molecular complexity index is 561. The Hall–Kier alpha value is -2.87. The minimum absolute atomic E-state index is 0.0326. The number of hydrogen-bond donors (Lipinski definition) is 4. The Morgan fingerprint density at radius 1 is 1.04 bits per heavy atom. The first-order valence-electron chi connectivity index (χ1n) is 6.62. The molecule has 0 heterocycles. The lowest BCUT2D eigenvalue weighted by atomic mass is 10.2. The van der Waals surface area contributed by atoms with Crippen LogP contribution in [0.15, 0.2) is 30.3 Å². The first-order chi connectivity index (χ1) is 10.8. The Morgan fingerprint density at radius 3 is 2.00 bits per heavy atom. The van der Waals surface area contributed by atoms with Crippen molar-refractivity contribution in [3.05, 3.63) is 35.9 Å². The van der Waals surface area contributed by atoms with Gasteiger partial charge >= 0.3 is 17.9 Å². The van der Waals surface area contributed by atoms with Crippen LogP contribution in [0.3, 0.4) is 0 Å². The van der Waals surface area contributed by atoms with Crippen LogP contribution in [0.5, 0.6) is 5.75 Å². The summed E-state index contributed by atoms with van der Waals surface area (Å²) in [6.45, 7) is 4.00. The molecule has 2 unspecified atom stereocenters. The summed E-state index contributed by atoms with van der Waals surface area (Å²) in [6, 6.07) is 5.72. The molecular formula is C15H18O8. The van der Waals surface area contributed by atoms with Crippen molar-refractivity contribution in [2.24, 2.45) is 0 Å². The summed E-state index contributed by atoms with van der Waals surface area (Å²) in [5.41, 5.74) is 0.524. The third-order valence-corrected chi connectivity index (χ3v) is 2.33. The number of aromatic hydroxyl groups is 1. The second-order valence-corrected chi connectivity index (χ2v) is 3.90. The van der Waals surface area contributed by atoms with E-state index in [0.717, 1.165) is 6.08 Å². The van der Waals surface area contributed by atoms with Crippen molar-refractivity contribution in [3.63, 3.8) is 0 Å². The van der Waals surface area contributed by atoms with E-state index in [1.807, 2.05) is 13.8 Å². The van der Waals surface area contributed by atoms with Gasteiger partial charge < -0.3 is 25.2 Å². The van der Waals surface area contributed by atoms with E-state index in [9.17, 15) is 14.4 Å². The Kier molecular flexibility index (Phi) is 8.71. The number of benzene rings is 1. The topological polar surface area (TPSA) is 141 Å².